The molecule has 2 amide bonds. The van der Waals surface area contributed by atoms with Crippen molar-refractivity contribution in [1.82, 2.24) is 15.1 Å². The highest BCUT2D eigenvalue weighted by Crippen LogP contribution is 2.17. The molecule has 0 fully saturated rings. The van der Waals surface area contributed by atoms with Gasteiger partial charge in [-0.25, -0.2) is 4.79 Å². The summed E-state index contributed by atoms with van der Waals surface area (Å²) in [5, 5.41) is 19.7. The zero-order valence-electron chi connectivity index (χ0n) is 14.4. The number of amides is 2. The van der Waals surface area contributed by atoms with E-state index in [0.29, 0.717) is 18.9 Å². The number of aromatic nitrogens is 2. The van der Waals surface area contributed by atoms with Gasteiger partial charge in [-0.15, -0.1) is 0 Å². The molecule has 1 heterocycles. The minimum absolute atomic E-state index is 0.200. The Bertz CT molecular complexity index is 469. The van der Waals surface area contributed by atoms with Crippen LogP contribution in [0.5, 0.6) is 0 Å². The second kappa shape index (κ2) is 8.78. The molecule has 0 bridgehead atoms. The summed E-state index contributed by atoms with van der Waals surface area (Å²) >= 11 is 0. The molecule has 0 spiro atoms. The normalized spacial score (nSPS) is 12.7. The van der Waals surface area contributed by atoms with Crippen LogP contribution >= 0.6 is 0 Å². The Morgan fingerprint density at radius 3 is 2.59 bits per heavy atom. The van der Waals surface area contributed by atoms with E-state index in [1.165, 1.54) is 0 Å². The van der Waals surface area contributed by atoms with Crippen molar-refractivity contribution in [2.45, 2.75) is 60.1 Å². The largest absolute Gasteiger partial charge is 0.393 e. The molecule has 1 rings (SSSR count). The summed E-state index contributed by atoms with van der Waals surface area (Å²) in [5.74, 6) is 0.704. The summed E-state index contributed by atoms with van der Waals surface area (Å²) in [4.78, 5) is 11.9. The van der Waals surface area contributed by atoms with Gasteiger partial charge >= 0.3 is 6.03 Å². The van der Waals surface area contributed by atoms with Crippen molar-refractivity contribution in [3.63, 3.8) is 0 Å². The topological polar surface area (TPSA) is 79.2 Å². The van der Waals surface area contributed by atoms with Crippen LogP contribution in [-0.4, -0.2) is 33.6 Å². The highest BCUT2D eigenvalue weighted by atomic mass is 16.3. The zero-order valence-corrected chi connectivity index (χ0v) is 14.4. The molecule has 1 atom stereocenters. The number of carbonyl (C=O) groups excluding carboxylic acids is 1. The van der Waals surface area contributed by atoms with Crippen molar-refractivity contribution >= 4 is 11.7 Å². The van der Waals surface area contributed by atoms with Gasteiger partial charge in [-0.3, -0.25) is 4.68 Å². The Kier molecular flexibility index (Phi) is 7.38. The van der Waals surface area contributed by atoms with Crippen LogP contribution in [0.2, 0.25) is 0 Å². The van der Waals surface area contributed by atoms with Gasteiger partial charge in [-0.05, 0) is 24.7 Å². The van der Waals surface area contributed by atoms with Crippen LogP contribution in [0.3, 0.4) is 0 Å². The van der Waals surface area contributed by atoms with Crippen LogP contribution in [0.4, 0.5) is 10.5 Å². The van der Waals surface area contributed by atoms with Crippen LogP contribution < -0.4 is 10.6 Å². The first-order valence-corrected chi connectivity index (χ1v) is 8.12. The molecule has 0 saturated heterocycles. The fourth-order valence-electron chi connectivity index (χ4n) is 2.22. The fourth-order valence-corrected chi connectivity index (χ4v) is 2.22. The third-order valence-corrected chi connectivity index (χ3v) is 3.57. The Morgan fingerprint density at radius 1 is 1.36 bits per heavy atom. The molecule has 22 heavy (non-hydrogen) atoms. The van der Waals surface area contributed by atoms with Crippen LogP contribution in [-0.2, 0) is 13.0 Å². The average molecular weight is 310 g/mol. The highest BCUT2D eigenvalue weighted by Gasteiger charge is 2.13. The van der Waals surface area contributed by atoms with Gasteiger partial charge in [0.2, 0.25) is 0 Å². The van der Waals surface area contributed by atoms with Crippen molar-refractivity contribution < 1.29 is 9.90 Å². The summed E-state index contributed by atoms with van der Waals surface area (Å²) in [6.45, 7) is 11.5. The van der Waals surface area contributed by atoms with Gasteiger partial charge in [0.15, 0.2) is 0 Å². The van der Waals surface area contributed by atoms with E-state index in [-0.39, 0.29) is 18.1 Å². The predicted octanol–water partition coefficient (Wildman–Crippen LogP) is 2.63. The lowest BCUT2D eigenvalue weighted by molar-refractivity contribution is 0.117. The fraction of sp³-hybridized carbons (Fsp3) is 0.750. The number of nitrogens with one attached hydrogen (secondary N) is 2. The van der Waals surface area contributed by atoms with E-state index in [1.54, 1.807) is 6.20 Å². The maximum Gasteiger partial charge on any atom is 0.319 e. The molecular weight excluding hydrogens is 280 g/mol. The zero-order chi connectivity index (χ0) is 16.7. The highest BCUT2D eigenvalue weighted by molar-refractivity contribution is 5.89. The lowest BCUT2D eigenvalue weighted by Crippen LogP contribution is -2.32. The monoisotopic (exact) mass is 310 g/mol. The summed E-state index contributed by atoms with van der Waals surface area (Å²) < 4.78 is 1.95. The summed E-state index contributed by atoms with van der Waals surface area (Å²) in [7, 11) is 0. The molecule has 1 aromatic heterocycles. The summed E-state index contributed by atoms with van der Waals surface area (Å²) in [6, 6.07) is -0.255. The third-order valence-electron chi connectivity index (χ3n) is 3.57. The first-order valence-electron chi connectivity index (χ1n) is 8.12. The van der Waals surface area contributed by atoms with Crippen molar-refractivity contribution in [3.8, 4) is 0 Å². The molecule has 6 nitrogen and oxygen atoms in total. The number of aliphatic hydroxyl groups excluding tert-OH is 1. The van der Waals surface area contributed by atoms with Crippen LogP contribution in [0.25, 0.3) is 0 Å². The lowest BCUT2D eigenvalue weighted by atomic mass is 10.0. The number of hydrogen-bond acceptors (Lipinski definition) is 3. The first-order chi connectivity index (χ1) is 10.3. The minimum Gasteiger partial charge on any atom is -0.393 e. The second-order valence-corrected chi connectivity index (χ2v) is 6.42. The molecule has 0 saturated carbocycles. The smallest absolute Gasteiger partial charge is 0.319 e. The van der Waals surface area contributed by atoms with E-state index in [0.717, 1.165) is 24.3 Å². The Morgan fingerprint density at radius 2 is 2.05 bits per heavy atom. The van der Waals surface area contributed by atoms with Gasteiger partial charge in [-0.1, -0.05) is 34.6 Å². The van der Waals surface area contributed by atoms with Crippen LogP contribution in [0.1, 0.15) is 46.7 Å². The lowest BCUT2D eigenvalue weighted by Gasteiger charge is -2.15. The number of carbonyl (C=O) groups is 1. The van der Waals surface area contributed by atoms with Crippen LogP contribution in [0.15, 0.2) is 6.20 Å². The van der Waals surface area contributed by atoms with Gasteiger partial charge in [0.05, 0.1) is 23.7 Å². The minimum atomic E-state index is -0.389. The molecule has 6 heteroatoms. The number of hydrogen-bond donors (Lipinski definition) is 3. The number of nitrogens with zero attached hydrogens (tertiary/aromatic N) is 2. The van der Waals surface area contributed by atoms with Gasteiger partial charge in [-0.2, -0.15) is 5.10 Å². The van der Waals surface area contributed by atoms with Gasteiger partial charge in [0.1, 0.15) is 0 Å². The van der Waals surface area contributed by atoms with Crippen molar-refractivity contribution in [2.75, 3.05) is 11.9 Å². The molecule has 0 aliphatic rings. The van der Waals surface area contributed by atoms with Crippen molar-refractivity contribution in [2.24, 2.45) is 11.8 Å². The quantitative estimate of drug-likeness (QED) is 0.690. The molecule has 1 unspecified atom stereocenters. The number of anilines is 1. The van der Waals surface area contributed by atoms with E-state index in [2.05, 4.69) is 36.5 Å². The second-order valence-electron chi connectivity index (χ2n) is 6.42. The molecule has 0 radical (unpaired) electrons. The van der Waals surface area contributed by atoms with Crippen molar-refractivity contribution in [1.29, 1.82) is 0 Å². The Hall–Kier alpha value is -1.56. The Balaban J connectivity index is 2.52. The average Bonchev–Trinajstić information content (AvgIpc) is 2.79. The first kappa shape index (κ1) is 18.5. The SMILES string of the molecule is CCc1c(NC(=O)NCCC(O)C(C)C)cnn1CC(C)C. The molecule has 1 aromatic rings. The number of rotatable bonds is 8. The molecule has 0 aliphatic carbocycles. The number of aliphatic hydroxyl groups is 1. The molecule has 0 aliphatic heterocycles. The predicted molar refractivity (Wildman–Crippen MR) is 88.9 cm³/mol. The number of urea groups is 1. The van der Waals surface area contributed by atoms with Crippen molar-refractivity contribution in [3.05, 3.63) is 11.9 Å². The van der Waals surface area contributed by atoms with Gasteiger partial charge in [0, 0.05) is 13.1 Å². The maximum atomic E-state index is 11.9. The van der Waals surface area contributed by atoms with E-state index in [9.17, 15) is 9.90 Å². The molecular formula is C16H30N4O2. The van der Waals surface area contributed by atoms with E-state index >= 15 is 0 Å². The van der Waals surface area contributed by atoms with E-state index in [4.69, 9.17) is 0 Å². The molecule has 126 valence electrons. The van der Waals surface area contributed by atoms with E-state index < -0.39 is 0 Å². The molecule has 0 aromatic carbocycles. The molecule has 3 N–H and O–H groups in total. The van der Waals surface area contributed by atoms with E-state index in [1.807, 2.05) is 18.5 Å². The Labute approximate surface area is 133 Å². The van der Waals surface area contributed by atoms with Gasteiger partial charge in [0.25, 0.3) is 0 Å². The third kappa shape index (κ3) is 5.67. The summed E-state index contributed by atoms with van der Waals surface area (Å²) in [5.41, 5.74) is 1.79. The summed E-state index contributed by atoms with van der Waals surface area (Å²) in [6.07, 6.45) is 2.68. The standard InChI is InChI=1S/C16H30N4O2/c1-6-14-13(9-18-20(14)10-11(2)3)19-16(22)17-8-7-15(21)12(4)5/h9,11-12,15,21H,6-8,10H2,1-5H3,(H2,17,19,22). The van der Waals surface area contributed by atoms with Crippen LogP contribution in [0, 0.1) is 11.8 Å². The maximum absolute atomic E-state index is 11.9. The van der Waals surface area contributed by atoms with Gasteiger partial charge < -0.3 is 15.7 Å².